The third-order valence-corrected chi connectivity index (χ3v) is 4.97. The second-order valence-electron chi connectivity index (χ2n) is 6.77. The number of aromatic nitrogens is 1. The summed E-state index contributed by atoms with van der Waals surface area (Å²) in [6, 6.07) is 3.75. The Kier molecular flexibility index (Phi) is 3.27. The topological polar surface area (TPSA) is 56.4 Å². The molecule has 1 aromatic heterocycles. The normalized spacial score (nSPS) is 17.3. The minimum Gasteiger partial charge on any atom is -0.358 e. The van der Waals surface area contributed by atoms with E-state index >= 15 is 0 Å². The van der Waals surface area contributed by atoms with Crippen molar-refractivity contribution >= 4 is 22.7 Å². The van der Waals surface area contributed by atoms with Gasteiger partial charge < -0.3 is 9.88 Å². The van der Waals surface area contributed by atoms with Gasteiger partial charge in [0.2, 0.25) is 0 Å². The molecule has 2 aromatic rings. The molecule has 120 valence electrons. The number of hydrogen-bond acceptors (Lipinski definition) is 3. The molecule has 0 saturated carbocycles. The number of benzene rings is 1. The van der Waals surface area contributed by atoms with Crippen LogP contribution in [0.15, 0.2) is 12.1 Å². The molecule has 1 aromatic carbocycles. The predicted octanol–water partition coefficient (Wildman–Crippen LogP) is 2.20. The molecule has 0 bridgehead atoms. The highest BCUT2D eigenvalue weighted by molar-refractivity contribution is 6.26. The minimum atomic E-state index is -0.153. The van der Waals surface area contributed by atoms with E-state index in [1.54, 1.807) is 6.07 Å². The lowest BCUT2D eigenvalue weighted by Crippen LogP contribution is -2.35. The number of aryl methyl sites for hydroxylation is 2. The molecular formula is C18H21N3O2. The molecule has 0 radical (unpaired) electrons. The summed E-state index contributed by atoms with van der Waals surface area (Å²) in [5.41, 5.74) is 4.66. The number of rotatable bonds is 3. The van der Waals surface area contributed by atoms with Crippen LogP contribution in [-0.4, -0.2) is 53.8 Å². The smallest absolute Gasteiger partial charge is 0.262 e. The second kappa shape index (κ2) is 5.20. The fraction of sp³-hybridized carbons (Fsp3) is 0.444. The van der Waals surface area contributed by atoms with Gasteiger partial charge in [-0.2, -0.15) is 0 Å². The number of nitrogens with one attached hydrogen (secondary N) is 1. The SMILES string of the molecule is CN(C)CCN1C(=O)c2ccc3[nH]c4c(c3c2C1=O)CCCC4. The molecule has 2 aliphatic rings. The predicted molar refractivity (Wildman–Crippen MR) is 88.9 cm³/mol. The van der Waals surface area contributed by atoms with E-state index in [-0.39, 0.29) is 11.8 Å². The summed E-state index contributed by atoms with van der Waals surface area (Å²) in [6.07, 6.45) is 4.36. The van der Waals surface area contributed by atoms with Gasteiger partial charge in [-0.05, 0) is 57.5 Å². The number of carbonyl (C=O) groups is 2. The maximum Gasteiger partial charge on any atom is 0.262 e. The summed E-state index contributed by atoms with van der Waals surface area (Å²) in [7, 11) is 3.89. The van der Waals surface area contributed by atoms with Crippen LogP contribution < -0.4 is 0 Å². The number of likely N-dealkylation sites (N-methyl/N-ethyl adjacent to an activating group) is 1. The Morgan fingerprint density at radius 1 is 1.13 bits per heavy atom. The Morgan fingerprint density at radius 3 is 2.70 bits per heavy atom. The van der Waals surface area contributed by atoms with Crippen LogP contribution in [0.5, 0.6) is 0 Å². The summed E-state index contributed by atoms with van der Waals surface area (Å²) in [4.78, 5) is 32.4. The number of fused-ring (bicyclic) bond motifs is 5. The zero-order chi connectivity index (χ0) is 16.1. The van der Waals surface area contributed by atoms with E-state index in [1.165, 1.54) is 22.6 Å². The molecule has 0 fully saturated rings. The number of amides is 2. The molecule has 0 atom stereocenters. The molecule has 1 aliphatic heterocycles. The van der Waals surface area contributed by atoms with Crippen molar-refractivity contribution in [3.63, 3.8) is 0 Å². The van der Waals surface area contributed by atoms with Crippen molar-refractivity contribution in [3.8, 4) is 0 Å². The van der Waals surface area contributed by atoms with E-state index in [2.05, 4.69) is 4.98 Å². The van der Waals surface area contributed by atoms with Gasteiger partial charge in [-0.3, -0.25) is 14.5 Å². The Bertz CT molecular complexity index is 819. The molecular weight excluding hydrogens is 290 g/mol. The number of H-pyrrole nitrogens is 1. The molecule has 2 heterocycles. The maximum absolute atomic E-state index is 12.9. The molecule has 23 heavy (non-hydrogen) atoms. The minimum absolute atomic E-state index is 0.134. The first-order chi connectivity index (χ1) is 11.1. The van der Waals surface area contributed by atoms with Gasteiger partial charge in [-0.1, -0.05) is 0 Å². The van der Waals surface area contributed by atoms with Crippen LogP contribution in [0.1, 0.15) is 44.8 Å². The van der Waals surface area contributed by atoms with Gasteiger partial charge in [-0.25, -0.2) is 0 Å². The van der Waals surface area contributed by atoms with E-state index in [4.69, 9.17) is 0 Å². The zero-order valence-corrected chi connectivity index (χ0v) is 13.6. The quantitative estimate of drug-likeness (QED) is 0.884. The third-order valence-electron chi connectivity index (χ3n) is 4.97. The average Bonchev–Trinajstić information content (AvgIpc) is 3.02. The van der Waals surface area contributed by atoms with Gasteiger partial charge in [0, 0.05) is 29.7 Å². The van der Waals surface area contributed by atoms with Crippen molar-refractivity contribution in [2.24, 2.45) is 0 Å². The highest BCUT2D eigenvalue weighted by Gasteiger charge is 2.38. The van der Waals surface area contributed by atoms with Crippen LogP contribution in [0.2, 0.25) is 0 Å². The monoisotopic (exact) mass is 311 g/mol. The van der Waals surface area contributed by atoms with Crippen LogP contribution >= 0.6 is 0 Å². The molecule has 5 heteroatoms. The Balaban J connectivity index is 1.84. The van der Waals surface area contributed by atoms with Crippen LogP contribution in [-0.2, 0) is 12.8 Å². The summed E-state index contributed by atoms with van der Waals surface area (Å²) in [6.45, 7) is 1.12. The number of nitrogens with zero attached hydrogens (tertiary/aromatic N) is 2. The lowest BCUT2D eigenvalue weighted by atomic mass is 9.92. The van der Waals surface area contributed by atoms with Crippen LogP contribution in [0.4, 0.5) is 0 Å². The molecule has 0 saturated heterocycles. The fourth-order valence-corrected chi connectivity index (χ4v) is 3.78. The van der Waals surface area contributed by atoms with Crippen LogP contribution in [0.25, 0.3) is 10.9 Å². The summed E-state index contributed by atoms with van der Waals surface area (Å²) < 4.78 is 0. The Labute approximate surface area is 135 Å². The summed E-state index contributed by atoms with van der Waals surface area (Å²) in [5, 5.41) is 0.989. The molecule has 2 amide bonds. The molecule has 1 N–H and O–H groups in total. The highest BCUT2D eigenvalue weighted by atomic mass is 16.2. The van der Waals surface area contributed by atoms with Crippen molar-refractivity contribution in [1.29, 1.82) is 0 Å². The van der Waals surface area contributed by atoms with Gasteiger partial charge in [-0.15, -0.1) is 0 Å². The summed E-state index contributed by atoms with van der Waals surface area (Å²) in [5.74, 6) is -0.288. The molecule has 5 nitrogen and oxygen atoms in total. The first-order valence-corrected chi connectivity index (χ1v) is 8.25. The van der Waals surface area contributed by atoms with Crippen molar-refractivity contribution in [2.45, 2.75) is 25.7 Å². The zero-order valence-electron chi connectivity index (χ0n) is 13.6. The number of imide groups is 1. The number of hydrogen-bond donors (Lipinski definition) is 1. The van der Waals surface area contributed by atoms with Gasteiger partial charge in [0.15, 0.2) is 0 Å². The largest absolute Gasteiger partial charge is 0.358 e. The Morgan fingerprint density at radius 2 is 1.91 bits per heavy atom. The lowest BCUT2D eigenvalue weighted by Gasteiger charge is -2.17. The first-order valence-electron chi connectivity index (χ1n) is 8.25. The van der Waals surface area contributed by atoms with Crippen LogP contribution in [0, 0.1) is 0 Å². The van der Waals surface area contributed by atoms with Crippen molar-refractivity contribution in [3.05, 3.63) is 34.5 Å². The van der Waals surface area contributed by atoms with Gasteiger partial charge in [0.05, 0.1) is 11.1 Å². The maximum atomic E-state index is 12.9. The molecule has 1 aliphatic carbocycles. The van der Waals surface area contributed by atoms with Gasteiger partial charge in [0.1, 0.15) is 0 Å². The fourth-order valence-electron chi connectivity index (χ4n) is 3.78. The molecule has 0 unspecified atom stereocenters. The van der Waals surface area contributed by atoms with Crippen molar-refractivity contribution in [1.82, 2.24) is 14.8 Å². The second-order valence-corrected chi connectivity index (χ2v) is 6.77. The van der Waals surface area contributed by atoms with Crippen molar-refractivity contribution in [2.75, 3.05) is 27.2 Å². The number of aromatic amines is 1. The van der Waals surface area contributed by atoms with E-state index in [0.717, 1.165) is 30.2 Å². The molecule has 4 rings (SSSR count). The number of carbonyl (C=O) groups excluding carboxylic acids is 2. The average molecular weight is 311 g/mol. The lowest BCUT2D eigenvalue weighted by molar-refractivity contribution is 0.0645. The summed E-state index contributed by atoms with van der Waals surface area (Å²) >= 11 is 0. The first kappa shape index (κ1) is 14.5. The Hall–Kier alpha value is -2.14. The van der Waals surface area contributed by atoms with Gasteiger partial charge >= 0.3 is 0 Å². The van der Waals surface area contributed by atoms with Gasteiger partial charge in [0.25, 0.3) is 11.8 Å². The third kappa shape index (κ3) is 2.10. The van der Waals surface area contributed by atoms with E-state index in [9.17, 15) is 9.59 Å². The van der Waals surface area contributed by atoms with Crippen LogP contribution in [0.3, 0.4) is 0 Å². The standard InChI is InChI=1S/C18H21N3O2/c1-20(2)9-10-21-17(22)12-7-8-14-15(16(12)18(21)23)11-5-3-4-6-13(11)19-14/h7-8,19H,3-6,9-10H2,1-2H3. The molecule has 0 spiro atoms. The van der Waals surface area contributed by atoms with E-state index in [1.807, 2.05) is 25.1 Å². The van der Waals surface area contributed by atoms with E-state index < -0.39 is 0 Å². The highest BCUT2D eigenvalue weighted by Crippen LogP contribution is 2.36. The van der Waals surface area contributed by atoms with Crippen molar-refractivity contribution < 1.29 is 9.59 Å². The van der Waals surface area contributed by atoms with E-state index in [0.29, 0.717) is 24.2 Å².